The molecule has 5 spiro atoms. The first-order valence-electron chi connectivity index (χ1n) is 35.6. The SMILES string of the molecule is CC(C)(C)C1(C(C)(C)C)CC2(CCC2)C1.CC(C)(C)C1(C(C)(C)C)CC2(CCC2)C1.CC(C)(C)C1(C(C)(C)C)CC2(CCCC2)C1.CC(C)(C)C1(C(C)(C)C)CC2(CCCCC2)C1.CC(C)(C)C1(C(C)(C)C)CC2(CCCCC2)C1. The summed E-state index contributed by atoms with van der Waals surface area (Å²) in [7, 11) is 0. The second-order valence-corrected chi connectivity index (χ2v) is 43.2. The highest BCUT2D eigenvalue weighted by atomic mass is 14.7. The topological polar surface area (TPSA) is 0 Å². The van der Waals surface area contributed by atoms with E-state index < -0.39 is 0 Å². The zero-order chi connectivity index (χ0) is 61.2. The summed E-state index contributed by atoms with van der Waals surface area (Å²) < 4.78 is 0. The summed E-state index contributed by atoms with van der Waals surface area (Å²) in [5, 5.41) is 0. The van der Waals surface area contributed by atoms with Crippen LogP contribution in [0.3, 0.4) is 0 Å². The van der Waals surface area contributed by atoms with Crippen molar-refractivity contribution < 1.29 is 0 Å². The van der Waals surface area contributed by atoms with E-state index in [1.54, 1.807) is 0 Å². The third-order valence-corrected chi connectivity index (χ3v) is 29.4. The highest BCUT2D eigenvalue weighted by Gasteiger charge is 2.69. The molecular weight excluding hydrogens is 961 g/mol. The first-order valence-corrected chi connectivity index (χ1v) is 35.6. The molecule has 0 radical (unpaired) electrons. The van der Waals surface area contributed by atoms with Crippen molar-refractivity contribution in [1.82, 2.24) is 0 Å². The molecule has 0 aromatic rings. The fourth-order valence-corrected chi connectivity index (χ4v) is 23.9. The lowest BCUT2D eigenvalue weighted by Gasteiger charge is -2.71. The minimum Gasteiger partial charge on any atom is -0.0596 e. The van der Waals surface area contributed by atoms with E-state index in [2.05, 4.69) is 208 Å². The lowest BCUT2D eigenvalue weighted by Crippen LogP contribution is -2.61. The number of hydrogen-bond donors (Lipinski definition) is 0. The van der Waals surface area contributed by atoms with Crippen LogP contribution < -0.4 is 0 Å². The Kier molecular flexibility index (Phi) is 18.5. The Hall–Kier alpha value is 0. The van der Waals surface area contributed by atoms with Crippen LogP contribution in [0.25, 0.3) is 0 Å². The third-order valence-electron chi connectivity index (χ3n) is 29.4. The average molecular weight is 1110 g/mol. The molecule has 0 aromatic heterocycles. The van der Waals surface area contributed by atoms with E-state index >= 15 is 0 Å². The van der Waals surface area contributed by atoms with Crippen LogP contribution in [0.1, 0.15) is 400 Å². The van der Waals surface area contributed by atoms with Gasteiger partial charge < -0.3 is 0 Å². The Morgan fingerprint density at radius 2 is 0.237 bits per heavy atom. The zero-order valence-corrected chi connectivity index (χ0v) is 61.2. The van der Waals surface area contributed by atoms with Gasteiger partial charge in [-0.3, -0.25) is 0 Å². The van der Waals surface area contributed by atoms with Gasteiger partial charge in [-0.25, -0.2) is 0 Å². The van der Waals surface area contributed by atoms with Crippen LogP contribution >= 0.6 is 0 Å². The first kappa shape index (κ1) is 69.1. The largest absolute Gasteiger partial charge is 0.0596 e. The van der Waals surface area contributed by atoms with Crippen molar-refractivity contribution >= 4 is 0 Å². The van der Waals surface area contributed by atoms with Gasteiger partial charge in [0.15, 0.2) is 0 Å². The third kappa shape index (κ3) is 12.2. The van der Waals surface area contributed by atoms with Gasteiger partial charge in [0.05, 0.1) is 0 Å². The Morgan fingerprint density at radius 1 is 0.138 bits per heavy atom. The predicted octanol–water partition coefficient (Wildman–Crippen LogP) is 27.1. The number of rotatable bonds is 0. The maximum atomic E-state index is 2.47. The van der Waals surface area contributed by atoms with Crippen molar-refractivity contribution in [2.45, 2.75) is 400 Å². The highest BCUT2D eigenvalue weighted by Crippen LogP contribution is 2.78. The molecule has 470 valence electrons. The Labute approximate surface area is 506 Å². The summed E-state index contributed by atoms with van der Waals surface area (Å²) in [6, 6.07) is 0. The van der Waals surface area contributed by atoms with Crippen molar-refractivity contribution in [2.75, 3.05) is 0 Å². The monoisotopic (exact) mass is 1110 g/mol. The quantitative estimate of drug-likeness (QED) is 0.227. The van der Waals surface area contributed by atoms with Crippen molar-refractivity contribution in [2.24, 2.45) is 108 Å². The molecular formula is C80H150. The first-order chi connectivity index (χ1) is 35.6. The molecule has 0 bridgehead atoms. The van der Waals surface area contributed by atoms with Gasteiger partial charge in [-0.05, 0) is 237 Å². The summed E-state index contributed by atoms with van der Waals surface area (Å²) >= 11 is 0. The van der Waals surface area contributed by atoms with Gasteiger partial charge in [0.2, 0.25) is 0 Å². The smallest absolute Gasteiger partial charge is 0.0190 e. The summed E-state index contributed by atoms with van der Waals surface area (Å²) in [5.74, 6) is 0. The Balaban J connectivity index is 0.000000161. The molecule has 10 fully saturated rings. The second kappa shape index (κ2) is 21.4. The van der Waals surface area contributed by atoms with E-state index in [0.717, 1.165) is 27.1 Å². The molecule has 10 saturated carbocycles. The molecule has 0 atom stereocenters. The molecule has 0 aromatic carbocycles. The molecule has 0 heterocycles. The van der Waals surface area contributed by atoms with Crippen LogP contribution in [-0.4, -0.2) is 0 Å². The summed E-state index contributed by atoms with van der Waals surface area (Å²) in [6.07, 6.45) is 45.0. The molecule has 10 rings (SSSR count). The van der Waals surface area contributed by atoms with E-state index in [1.807, 2.05) is 0 Å². The molecule has 0 amide bonds. The fraction of sp³-hybridized carbons (Fsp3) is 1.00. The molecule has 0 aliphatic heterocycles. The van der Waals surface area contributed by atoms with Gasteiger partial charge in [-0.2, -0.15) is 0 Å². The Bertz CT molecular complexity index is 1790. The van der Waals surface area contributed by atoms with E-state index in [1.165, 1.54) is 193 Å². The summed E-state index contributed by atoms with van der Waals surface area (Å²) in [5.41, 5.74) is 11.3. The second-order valence-electron chi connectivity index (χ2n) is 43.2. The zero-order valence-electron chi connectivity index (χ0n) is 61.2. The lowest BCUT2D eigenvalue weighted by molar-refractivity contribution is -0.209. The molecule has 0 heteroatoms. The van der Waals surface area contributed by atoms with Crippen LogP contribution in [0, 0.1) is 108 Å². The van der Waals surface area contributed by atoms with Gasteiger partial charge in [0, 0.05) is 0 Å². The van der Waals surface area contributed by atoms with Gasteiger partial charge in [0.25, 0.3) is 0 Å². The van der Waals surface area contributed by atoms with Gasteiger partial charge in [0.1, 0.15) is 0 Å². The van der Waals surface area contributed by atoms with E-state index in [9.17, 15) is 0 Å². The normalized spacial score (nSPS) is 28.1. The standard InChI is InChI=1S/2C17H32.C16H30.2C15H28/c2*1-14(2,3)17(15(4,5)6)12-16(13-17)10-8-7-9-11-16;1-13(2,3)16(14(4,5)6)11-15(12-16)9-7-8-10-15;2*1-12(2,3)15(13(4,5)6)10-14(11-15)8-7-9-14/h2*7-13H2,1-6H3;7-12H2,1-6H3;2*7-11H2,1-6H3. The maximum Gasteiger partial charge on any atom is -0.0190 e. The molecule has 0 saturated heterocycles. The van der Waals surface area contributed by atoms with E-state index in [4.69, 9.17) is 0 Å². The summed E-state index contributed by atoms with van der Waals surface area (Å²) in [4.78, 5) is 0. The van der Waals surface area contributed by atoms with Crippen LogP contribution in [0.2, 0.25) is 0 Å². The van der Waals surface area contributed by atoms with Gasteiger partial charge in [-0.15, -0.1) is 0 Å². The molecule has 0 unspecified atom stereocenters. The van der Waals surface area contributed by atoms with Crippen LogP contribution in [0.5, 0.6) is 0 Å². The van der Waals surface area contributed by atoms with E-state index in [-0.39, 0.29) is 0 Å². The van der Waals surface area contributed by atoms with E-state index in [0.29, 0.717) is 81.2 Å². The minimum atomic E-state index is 0.452. The summed E-state index contributed by atoms with van der Waals surface area (Å²) in [6.45, 7) is 73.7. The molecule has 0 nitrogen and oxygen atoms in total. The lowest BCUT2D eigenvalue weighted by atomic mass is 9.34. The van der Waals surface area contributed by atoms with Gasteiger partial charge in [-0.1, -0.05) is 272 Å². The average Bonchev–Trinajstić information content (AvgIpc) is 3.64. The maximum absolute atomic E-state index is 2.47. The predicted molar refractivity (Wildman–Crippen MR) is 357 cm³/mol. The highest BCUT2D eigenvalue weighted by molar-refractivity contribution is 5.18. The van der Waals surface area contributed by atoms with Crippen LogP contribution in [-0.2, 0) is 0 Å². The Morgan fingerprint density at radius 3 is 0.325 bits per heavy atom. The van der Waals surface area contributed by atoms with Crippen molar-refractivity contribution in [1.29, 1.82) is 0 Å². The van der Waals surface area contributed by atoms with Crippen molar-refractivity contribution in [3.8, 4) is 0 Å². The van der Waals surface area contributed by atoms with Gasteiger partial charge >= 0.3 is 0 Å². The molecule has 80 heavy (non-hydrogen) atoms. The molecule has 0 N–H and O–H groups in total. The van der Waals surface area contributed by atoms with Crippen LogP contribution in [0.15, 0.2) is 0 Å². The number of hydrogen-bond acceptors (Lipinski definition) is 0. The molecule has 10 aliphatic rings. The van der Waals surface area contributed by atoms with Crippen molar-refractivity contribution in [3.05, 3.63) is 0 Å². The van der Waals surface area contributed by atoms with Crippen molar-refractivity contribution in [3.63, 3.8) is 0 Å². The minimum absolute atomic E-state index is 0.452. The molecule has 10 aliphatic carbocycles. The van der Waals surface area contributed by atoms with Crippen LogP contribution in [0.4, 0.5) is 0 Å². The fourth-order valence-electron chi connectivity index (χ4n) is 23.9.